The molecule has 1 aromatic carbocycles. The molecule has 3 aromatic heterocycles. The topological polar surface area (TPSA) is 75.6 Å². The lowest BCUT2D eigenvalue weighted by atomic mass is 10.1. The number of rotatable bonds is 4. The molecule has 4 aromatic rings. The molecule has 0 bridgehead atoms. The molecule has 0 saturated carbocycles. The molecule has 136 valence electrons. The molecule has 0 aliphatic heterocycles. The average molecular weight is 384 g/mol. The van der Waals surface area contributed by atoms with Gasteiger partial charge in [-0.25, -0.2) is 14.4 Å². The largest absolute Gasteiger partial charge is 0.363 e. The first-order valence-corrected chi connectivity index (χ1v) is 8.62. The number of hydrogen-bond acceptors (Lipinski definition) is 4. The molecule has 1 atom stereocenters. The maximum absolute atomic E-state index is 14.0. The number of halogens is 2. The summed E-state index contributed by atoms with van der Waals surface area (Å²) in [5, 5.41) is 4.01. The highest BCUT2D eigenvalue weighted by atomic mass is 35.5. The molecule has 0 saturated heterocycles. The summed E-state index contributed by atoms with van der Waals surface area (Å²) in [5.74, 6) is 0.0435. The van der Waals surface area contributed by atoms with Gasteiger partial charge in [-0.05, 0) is 31.2 Å². The quantitative estimate of drug-likeness (QED) is 0.557. The van der Waals surface area contributed by atoms with Crippen molar-refractivity contribution in [2.45, 2.75) is 13.0 Å². The monoisotopic (exact) mass is 383 g/mol. The number of hydrogen-bond donors (Lipinski definition) is 2. The first-order valence-electron chi connectivity index (χ1n) is 8.24. The number of nitrogens with one attached hydrogen (secondary N) is 2. The molecular formula is C19H15ClFN5O. The van der Waals surface area contributed by atoms with E-state index >= 15 is 0 Å². The summed E-state index contributed by atoms with van der Waals surface area (Å²) < 4.78 is 15.9. The number of aromatic amines is 1. The Hall–Kier alpha value is -3.19. The number of benzene rings is 1. The van der Waals surface area contributed by atoms with E-state index in [1.54, 1.807) is 30.9 Å². The number of anilines is 1. The third kappa shape index (κ3) is 3.41. The zero-order valence-electron chi connectivity index (χ0n) is 14.3. The van der Waals surface area contributed by atoms with Crippen molar-refractivity contribution in [1.29, 1.82) is 0 Å². The van der Waals surface area contributed by atoms with Crippen LogP contribution in [0, 0.1) is 5.82 Å². The van der Waals surface area contributed by atoms with Crippen molar-refractivity contribution in [3.05, 3.63) is 82.0 Å². The van der Waals surface area contributed by atoms with Gasteiger partial charge in [0.2, 0.25) is 0 Å². The molecule has 6 nitrogen and oxygen atoms in total. The van der Waals surface area contributed by atoms with Gasteiger partial charge in [-0.15, -0.1) is 0 Å². The lowest BCUT2D eigenvalue weighted by molar-refractivity contribution is 0.636. The fourth-order valence-electron chi connectivity index (χ4n) is 2.95. The predicted octanol–water partition coefficient (Wildman–Crippen LogP) is 4.07. The van der Waals surface area contributed by atoms with Crippen LogP contribution in [0.5, 0.6) is 0 Å². The molecule has 0 unspecified atom stereocenters. The summed E-state index contributed by atoms with van der Waals surface area (Å²) in [6.07, 6.45) is 6.88. The van der Waals surface area contributed by atoms with E-state index in [4.69, 9.17) is 11.6 Å². The number of pyridine rings is 2. The summed E-state index contributed by atoms with van der Waals surface area (Å²) in [6.45, 7) is 1.84. The predicted molar refractivity (Wildman–Crippen MR) is 103 cm³/mol. The van der Waals surface area contributed by atoms with Crippen LogP contribution in [0.25, 0.3) is 16.6 Å². The third-order valence-electron chi connectivity index (χ3n) is 4.27. The first kappa shape index (κ1) is 17.2. The van der Waals surface area contributed by atoms with Crippen LogP contribution in [0.15, 0.2) is 60.0 Å². The number of H-pyrrole nitrogens is 1. The standard InChI is InChI=1S/C19H15ClFN5O/c1-11(24-17-9-14(2-3-23-17)26-5-4-22-10-26)15-7-12-6-13(20)8-16(21)18(12)25-19(15)27/h2-11H,1H3,(H,23,24)(H,25,27)/t11-/m0/s1. The normalized spacial score (nSPS) is 12.3. The van der Waals surface area contributed by atoms with Crippen LogP contribution in [0.2, 0.25) is 5.02 Å². The second-order valence-corrected chi connectivity index (χ2v) is 6.58. The van der Waals surface area contributed by atoms with Gasteiger partial charge >= 0.3 is 0 Å². The molecule has 3 heterocycles. The minimum atomic E-state index is -0.559. The molecule has 0 fully saturated rings. The smallest absolute Gasteiger partial charge is 0.253 e. The summed E-state index contributed by atoms with van der Waals surface area (Å²) in [6, 6.07) is 7.78. The van der Waals surface area contributed by atoms with Crippen LogP contribution >= 0.6 is 11.6 Å². The number of nitrogens with zero attached hydrogens (tertiary/aromatic N) is 3. The summed E-state index contributed by atoms with van der Waals surface area (Å²) in [7, 11) is 0. The third-order valence-corrected chi connectivity index (χ3v) is 4.49. The van der Waals surface area contributed by atoms with Crippen molar-refractivity contribution < 1.29 is 4.39 Å². The second kappa shape index (κ2) is 6.85. The van der Waals surface area contributed by atoms with E-state index in [0.29, 0.717) is 16.8 Å². The van der Waals surface area contributed by atoms with Crippen molar-refractivity contribution in [3.63, 3.8) is 0 Å². The van der Waals surface area contributed by atoms with Gasteiger partial charge in [-0.3, -0.25) is 4.79 Å². The fourth-order valence-corrected chi connectivity index (χ4v) is 3.16. The van der Waals surface area contributed by atoms with Crippen molar-refractivity contribution in [3.8, 4) is 5.69 Å². The zero-order chi connectivity index (χ0) is 19.0. The second-order valence-electron chi connectivity index (χ2n) is 6.14. The van der Waals surface area contributed by atoms with Crippen molar-refractivity contribution in [2.24, 2.45) is 0 Å². The Kier molecular flexibility index (Phi) is 4.37. The molecule has 27 heavy (non-hydrogen) atoms. The maximum atomic E-state index is 14.0. The lowest BCUT2D eigenvalue weighted by Crippen LogP contribution is -2.20. The molecule has 0 radical (unpaired) electrons. The molecular weight excluding hydrogens is 369 g/mol. The Morgan fingerprint density at radius 1 is 1.26 bits per heavy atom. The molecule has 0 amide bonds. The summed E-state index contributed by atoms with van der Waals surface area (Å²) in [5.41, 5.74) is 1.12. The van der Waals surface area contributed by atoms with Gasteiger partial charge in [0.25, 0.3) is 5.56 Å². The lowest BCUT2D eigenvalue weighted by Gasteiger charge is -2.16. The highest BCUT2D eigenvalue weighted by Gasteiger charge is 2.14. The van der Waals surface area contributed by atoms with Crippen LogP contribution in [0.3, 0.4) is 0 Å². The van der Waals surface area contributed by atoms with E-state index in [0.717, 1.165) is 5.69 Å². The summed E-state index contributed by atoms with van der Waals surface area (Å²) in [4.78, 5) is 23.3. The van der Waals surface area contributed by atoms with Crippen molar-refractivity contribution in [1.82, 2.24) is 19.5 Å². The SMILES string of the molecule is C[C@H](Nc1cc(-n2ccnc2)ccn1)c1cc2cc(Cl)cc(F)c2[nH]c1=O. The number of imidazole rings is 1. The van der Waals surface area contributed by atoms with Gasteiger partial charge in [0, 0.05) is 40.6 Å². The van der Waals surface area contributed by atoms with E-state index < -0.39 is 5.82 Å². The maximum Gasteiger partial charge on any atom is 0.253 e. The van der Waals surface area contributed by atoms with Crippen LogP contribution in [0.1, 0.15) is 18.5 Å². The van der Waals surface area contributed by atoms with E-state index in [9.17, 15) is 9.18 Å². The Morgan fingerprint density at radius 3 is 2.89 bits per heavy atom. The van der Waals surface area contributed by atoms with Crippen LogP contribution in [-0.2, 0) is 0 Å². The molecule has 0 aliphatic carbocycles. The summed E-state index contributed by atoms with van der Waals surface area (Å²) >= 11 is 5.93. The Balaban J connectivity index is 1.67. The van der Waals surface area contributed by atoms with Gasteiger partial charge in [0.1, 0.15) is 11.6 Å². The van der Waals surface area contributed by atoms with Crippen LogP contribution in [0.4, 0.5) is 10.2 Å². The van der Waals surface area contributed by atoms with Gasteiger partial charge in [-0.2, -0.15) is 0 Å². The van der Waals surface area contributed by atoms with E-state index in [-0.39, 0.29) is 22.1 Å². The Bertz CT molecular complexity index is 1170. The fraction of sp³-hybridized carbons (Fsp3) is 0.105. The first-order chi connectivity index (χ1) is 13.0. The average Bonchev–Trinajstić information content (AvgIpc) is 3.17. The van der Waals surface area contributed by atoms with Gasteiger partial charge < -0.3 is 14.9 Å². The Morgan fingerprint density at radius 2 is 2.11 bits per heavy atom. The zero-order valence-corrected chi connectivity index (χ0v) is 15.0. The molecule has 0 aliphatic rings. The van der Waals surface area contributed by atoms with Crippen LogP contribution in [-0.4, -0.2) is 19.5 Å². The minimum absolute atomic E-state index is 0.139. The van der Waals surface area contributed by atoms with E-state index in [2.05, 4.69) is 20.3 Å². The van der Waals surface area contributed by atoms with E-state index in [1.807, 2.05) is 29.8 Å². The molecule has 8 heteroatoms. The van der Waals surface area contributed by atoms with Gasteiger partial charge in [0.05, 0.1) is 23.6 Å². The highest BCUT2D eigenvalue weighted by molar-refractivity contribution is 6.31. The van der Waals surface area contributed by atoms with Gasteiger partial charge in [-0.1, -0.05) is 11.6 Å². The van der Waals surface area contributed by atoms with E-state index in [1.165, 1.54) is 6.07 Å². The minimum Gasteiger partial charge on any atom is -0.363 e. The number of fused-ring (bicyclic) bond motifs is 1. The number of aromatic nitrogens is 4. The van der Waals surface area contributed by atoms with Gasteiger partial charge in [0.15, 0.2) is 0 Å². The highest BCUT2D eigenvalue weighted by Crippen LogP contribution is 2.24. The molecule has 0 spiro atoms. The van der Waals surface area contributed by atoms with Crippen LogP contribution < -0.4 is 10.9 Å². The molecule has 2 N–H and O–H groups in total. The Labute approximate surface area is 158 Å². The molecule has 4 rings (SSSR count). The van der Waals surface area contributed by atoms with Crippen molar-refractivity contribution in [2.75, 3.05) is 5.32 Å². The van der Waals surface area contributed by atoms with Crippen molar-refractivity contribution >= 4 is 28.3 Å².